The number of ether oxygens (including phenoxy) is 1. The van der Waals surface area contributed by atoms with Gasteiger partial charge in [-0.15, -0.1) is 0 Å². The molecule has 0 saturated carbocycles. The first-order valence-corrected chi connectivity index (χ1v) is 9.28. The number of fused-ring (bicyclic) bond motifs is 3. The van der Waals surface area contributed by atoms with Gasteiger partial charge in [0.1, 0.15) is 11.6 Å². The Morgan fingerprint density at radius 3 is 2.93 bits per heavy atom. The first kappa shape index (κ1) is 16.1. The van der Waals surface area contributed by atoms with Crippen molar-refractivity contribution < 1.29 is 9.53 Å². The van der Waals surface area contributed by atoms with Gasteiger partial charge in [0.15, 0.2) is 6.10 Å². The maximum Gasteiger partial charge on any atom is 0.265 e. The summed E-state index contributed by atoms with van der Waals surface area (Å²) in [6, 6.07) is 13.1. The van der Waals surface area contributed by atoms with Crippen molar-refractivity contribution in [2.24, 2.45) is 0 Å². The summed E-state index contributed by atoms with van der Waals surface area (Å²) in [7, 11) is 0. The number of nitrogens with one attached hydrogen (secondary N) is 1. The van der Waals surface area contributed by atoms with Gasteiger partial charge in [0.25, 0.3) is 11.5 Å². The second-order valence-corrected chi connectivity index (χ2v) is 7.06. The van der Waals surface area contributed by atoms with E-state index in [1.165, 1.54) is 0 Å². The molecule has 6 heteroatoms. The number of carbonyl (C=O) groups is 1. The van der Waals surface area contributed by atoms with Crippen molar-refractivity contribution in [3.63, 3.8) is 0 Å². The Morgan fingerprint density at radius 1 is 1.11 bits per heavy atom. The lowest BCUT2D eigenvalue weighted by Crippen LogP contribution is -2.31. The van der Waals surface area contributed by atoms with E-state index in [1.807, 2.05) is 24.3 Å². The van der Waals surface area contributed by atoms with Gasteiger partial charge < -0.3 is 10.1 Å². The average Bonchev–Trinajstić information content (AvgIpc) is 3.09. The third-order valence-corrected chi connectivity index (χ3v) is 5.31. The largest absolute Gasteiger partial charge is 0.481 e. The van der Waals surface area contributed by atoms with Gasteiger partial charge in [-0.3, -0.25) is 14.2 Å². The molecule has 1 amide bonds. The Morgan fingerprint density at radius 2 is 2.00 bits per heavy atom. The lowest BCUT2D eigenvalue weighted by Gasteiger charge is -2.16. The highest BCUT2D eigenvalue weighted by atomic mass is 16.5. The fourth-order valence-electron chi connectivity index (χ4n) is 3.90. The van der Waals surface area contributed by atoms with Crippen LogP contribution in [-0.2, 0) is 24.2 Å². The molecule has 0 aliphatic carbocycles. The van der Waals surface area contributed by atoms with Crippen molar-refractivity contribution in [1.29, 1.82) is 0 Å². The minimum Gasteiger partial charge on any atom is -0.481 e. The molecule has 0 fully saturated rings. The third kappa shape index (κ3) is 2.77. The number of rotatable bonds is 2. The summed E-state index contributed by atoms with van der Waals surface area (Å²) in [5.41, 5.74) is 2.59. The second-order valence-electron chi connectivity index (χ2n) is 7.06. The Labute approximate surface area is 155 Å². The van der Waals surface area contributed by atoms with E-state index in [1.54, 1.807) is 22.8 Å². The molecular formula is C21H19N3O3. The molecule has 1 aromatic heterocycles. The fourth-order valence-corrected chi connectivity index (χ4v) is 3.90. The van der Waals surface area contributed by atoms with Crippen LogP contribution >= 0.6 is 0 Å². The van der Waals surface area contributed by atoms with Gasteiger partial charge in [-0.05, 0) is 49.1 Å². The number of aromatic nitrogens is 2. The third-order valence-electron chi connectivity index (χ3n) is 5.31. The molecule has 3 aromatic rings. The van der Waals surface area contributed by atoms with Crippen LogP contribution in [0.25, 0.3) is 10.9 Å². The molecule has 1 N–H and O–H groups in total. The summed E-state index contributed by atoms with van der Waals surface area (Å²) in [5, 5.41) is 3.47. The van der Waals surface area contributed by atoms with E-state index in [4.69, 9.17) is 4.74 Å². The number of amides is 1. The molecule has 1 unspecified atom stereocenters. The predicted molar refractivity (Wildman–Crippen MR) is 102 cm³/mol. The average molecular weight is 361 g/mol. The Balaban J connectivity index is 1.45. The van der Waals surface area contributed by atoms with Crippen LogP contribution in [0.3, 0.4) is 0 Å². The van der Waals surface area contributed by atoms with Crippen molar-refractivity contribution >= 4 is 22.5 Å². The number of para-hydroxylation sites is 1. The maximum absolute atomic E-state index is 12.7. The van der Waals surface area contributed by atoms with Crippen molar-refractivity contribution in [3.05, 3.63) is 64.2 Å². The molecule has 1 atom stereocenters. The van der Waals surface area contributed by atoms with Gasteiger partial charge in [-0.2, -0.15) is 0 Å². The highest BCUT2D eigenvalue weighted by Gasteiger charge is 2.25. The minimum atomic E-state index is -0.597. The van der Waals surface area contributed by atoms with E-state index in [9.17, 15) is 9.59 Å². The van der Waals surface area contributed by atoms with E-state index in [0.29, 0.717) is 29.6 Å². The molecule has 136 valence electrons. The molecule has 0 radical (unpaired) electrons. The zero-order chi connectivity index (χ0) is 18.4. The Bertz CT molecular complexity index is 1120. The molecule has 2 aromatic carbocycles. The number of aryl methyl sites for hydroxylation is 2. The molecular weight excluding hydrogens is 342 g/mol. The lowest BCUT2D eigenvalue weighted by atomic mass is 10.1. The van der Waals surface area contributed by atoms with E-state index in [-0.39, 0.29) is 11.5 Å². The summed E-state index contributed by atoms with van der Waals surface area (Å²) < 4.78 is 7.71. The number of anilines is 1. The summed E-state index contributed by atoms with van der Waals surface area (Å²) in [6.45, 7) is 0.714. The van der Waals surface area contributed by atoms with E-state index in [2.05, 4.69) is 10.3 Å². The molecule has 6 nitrogen and oxygen atoms in total. The molecule has 2 aliphatic rings. The number of hydrogen-bond donors (Lipinski definition) is 1. The zero-order valence-corrected chi connectivity index (χ0v) is 14.8. The molecule has 27 heavy (non-hydrogen) atoms. The summed E-state index contributed by atoms with van der Waals surface area (Å²) in [4.78, 5) is 29.9. The monoisotopic (exact) mass is 361 g/mol. The van der Waals surface area contributed by atoms with Gasteiger partial charge in [0, 0.05) is 18.7 Å². The zero-order valence-electron chi connectivity index (χ0n) is 14.8. The second kappa shape index (κ2) is 6.23. The van der Waals surface area contributed by atoms with Crippen LogP contribution < -0.4 is 15.6 Å². The van der Waals surface area contributed by atoms with Gasteiger partial charge in [-0.25, -0.2) is 4.98 Å². The molecule has 0 saturated heterocycles. The van der Waals surface area contributed by atoms with Gasteiger partial charge in [-0.1, -0.05) is 18.2 Å². The quantitative estimate of drug-likeness (QED) is 0.762. The molecule has 0 bridgehead atoms. The Kier molecular flexibility index (Phi) is 3.70. The maximum atomic E-state index is 12.7. The Hall–Kier alpha value is -3.15. The number of benzene rings is 2. The number of nitrogens with zero attached hydrogens (tertiary/aromatic N) is 2. The van der Waals surface area contributed by atoms with Crippen molar-refractivity contribution in [3.8, 4) is 5.75 Å². The fraction of sp³-hybridized carbons (Fsp3) is 0.286. The van der Waals surface area contributed by atoms with Gasteiger partial charge in [0.05, 0.1) is 10.9 Å². The highest BCUT2D eigenvalue weighted by Crippen LogP contribution is 2.25. The first-order valence-electron chi connectivity index (χ1n) is 9.28. The van der Waals surface area contributed by atoms with Crippen molar-refractivity contribution in [2.75, 3.05) is 5.32 Å². The van der Waals surface area contributed by atoms with Crippen LogP contribution in [0.5, 0.6) is 5.75 Å². The highest BCUT2D eigenvalue weighted by molar-refractivity contribution is 5.96. The standard InChI is InChI=1S/C21H19N3O3/c25-20-18(10-7-13-4-1-2-5-16(13)23-20)27-14-8-9-17-15(12-14)21(26)24-11-3-6-19(24)22-17/h1-2,4-5,8-9,12,18H,3,6-7,10-11H2,(H,23,25). The lowest BCUT2D eigenvalue weighted by molar-refractivity contribution is -0.122. The van der Waals surface area contributed by atoms with Gasteiger partial charge in [0.2, 0.25) is 0 Å². The van der Waals surface area contributed by atoms with E-state index < -0.39 is 6.10 Å². The molecule has 0 spiro atoms. The topological polar surface area (TPSA) is 73.2 Å². The van der Waals surface area contributed by atoms with Crippen LogP contribution in [0.1, 0.15) is 24.2 Å². The molecule has 2 aliphatic heterocycles. The van der Waals surface area contributed by atoms with Crippen LogP contribution in [0.4, 0.5) is 5.69 Å². The van der Waals surface area contributed by atoms with Crippen LogP contribution in [0.15, 0.2) is 47.3 Å². The van der Waals surface area contributed by atoms with Crippen molar-refractivity contribution in [2.45, 2.75) is 38.3 Å². The SMILES string of the molecule is O=C1Nc2ccccc2CCC1Oc1ccc2nc3n(c(=O)c2c1)CCC3. The van der Waals surface area contributed by atoms with Gasteiger partial charge >= 0.3 is 0 Å². The molecule has 5 rings (SSSR count). The van der Waals surface area contributed by atoms with Crippen LogP contribution in [-0.4, -0.2) is 21.6 Å². The van der Waals surface area contributed by atoms with E-state index >= 15 is 0 Å². The molecule has 3 heterocycles. The minimum absolute atomic E-state index is 0.0318. The summed E-state index contributed by atoms with van der Waals surface area (Å²) in [5.74, 6) is 1.21. The van der Waals surface area contributed by atoms with Crippen LogP contribution in [0.2, 0.25) is 0 Å². The predicted octanol–water partition coefficient (Wildman–Crippen LogP) is 2.68. The summed E-state index contributed by atoms with van der Waals surface area (Å²) in [6.07, 6.45) is 2.53. The van der Waals surface area contributed by atoms with Crippen LogP contribution in [0, 0.1) is 0 Å². The van der Waals surface area contributed by atoms with Crippen molar-refractivity contribution in [1.82, 2.24) is 9.55 Å². The smallest absolute Gasteiger partial charge is 0.265 e. The number of hydrogen-bond acceptors (Lipinski definition) is 4. The number of carbonyl (C=O) groups excluding carboxylic acids is 1. The van der Waals surface area contributed by atoms with E-state index in [0.717, 1.165) is 36.3 Å². The summed E-state index contributed by atoms with van der Waals surface area (Å²) >= 11 is 0. The normalized spacial score (nSPS) is 18.5. The first-order chi connectivity index (χ1) is 13.2.